The highest BCUT2D eigenvalue weighted by atomic mass is 32.3. The maximum absolute atomic E-state index is 10.4. The topological polar surface area (TPSA) is 52.6 Å². The van der Waals surface area contributed by atoms with Crippen LogP contribution in [0.2, 0.25) is 0 Å². The van der Waals surface area contributed by atoms with Gasteiger partial charge in [-0.1, -0.05) is 0 Å². The van der Waals surface area contributed by atoms with Gasteiger partial charge >= 0.3 is 10.4 Å². The van der Waals surface area contributed by atoms with Gasteiger partial charge in [0.05, 0.1) is 0 Å². The first-order valence-electron chi connectivity index (χ1n) is 2.63. The van der Waals surface area contributed by atoms with Gasteiger partial charge in [-0.15, -0.1) is 0 Å². The van der Waals surface area contributed by atoms with E-state index in [0.717, 1.165) is 0 Å². The minimum Gasteiger partial charge on any atom is -0.242 e. The highest BCUT2D eigenvalue weighted by molar-refractivity contribution is 7.82. The summed E-state index contributed by atoms with van der Waals surface area (Å²) in [6.45, 7) is 3.30. The van der Waals surface area contributed by atoms with E-state index in [4.69, 9.17) is 0 Å². The van der Waals surface area contributed by atoms with Gasteiger partial charge in [-0.25, -0.2) is 8.37 Å². The molecule has 1 aliphatic rings. The molecule has 4 nitrogen and oxygen atoms in total. The van der Waals surface area contributed by atoms with Crippen molar-refractivity contribution in [3.63, 3.8) is 0 Å². The van der Waals surface area contributed by atoms with Gasteiger partial charge in [0.2, 0.25) is 0 Å². The van der Waals surface area contributed by atoms with Crippen LogP contribution in [-0.2, 0) is 18.8 Å². The second-order valence-electron chi connectivity index (χ2n) is 2.01. The molecule has 0 aromatic carbocycles. The van der Waals surface area contributed by atoms with E-state index in [1.807, 2.05) is 0 Å². The van der Waals surface area contributed by atoms with Crippen molar-refractivity contribution in [2.75, 3.05) is 0 Å². The predicted molar refractivity (Wildman–Crippen MR) is 30.0 cm³/mol. The molecule has 0 aromatic heterocycles. The molecule has 1 saturated heterocycles. The Labute approximate surface area is 54.1 Å². The molecule has 5 heteroatoms. The molecule has 2 atom stereocenters. The lowest BCUT2D eigenvalue weighted by Gasteiger charge is -1.98. The lowest BCUT2D eigenvalue weighted by atomic mass is 10.3. The van der Waals surface area contributed by atoms with Crippen LogP contribution >= 0.6 is 0 Å². The SMILES string of the molecule is CC1OS(=O)(=O)OC1C. The molecule has 1 fully saturated rings. The third-order valence-electron chi connectivity index (χ3n) is 1.20. The molecule has 0 radical (unpaired) electrons. The zero-order valence-corrected chi connectivity index (χ0v) is 6.01. The first-order valence-corrected chi connectivity index (χ1v) is 3.96. The first-order chi connectivity index (χ1) is 4.01. The van der Waals surface area contributed by atoms with E-state index in [9.17, 15) is 8.42 Å². The Morgan fingerprint density at radius 3 is 1.56 bits per heavy atom. The van der Waals surface area contributed by atoms with Crippen LogP contribution in [0.4, 0.5) is 0 Å². The Bertz CT molecular complexity index is 179. The van der Waals surface area contributed by atoms with Gasteiger partial charge in [0.1, 0.15) is 12.2 Å². The van der Waals surface area contributed by atoms with Crippen molar-refractivity contribution < 1.29 is 16.8 Å². The molecule has 0 saturated carbocycles. The third kappa shape index (κ3) is 1.41. The van der Waals surface area contributed by atoms with Gasteiger partial charge in [0, 0.05) is 0 Å². The van der Waals surface area contributed by atoms with Crippen LogP contribution in [0.3, 0.4) is 0 Å². The summed E-state index contributed by atoms with van der Waals surface area (Å²) in [5.41, 5.74) is 0. The average Bonchev–Trinajstić information content (AvgIpc) is 1.79. The minimum atomic E-state index is -3.64. The number of rotatable bonds is 0. The summed E-state index contributed by atoms with van der Waals surface area (Å²) in [5, 5.41) is 0. The Morgan fingerprint density at radius 2 is 1.44 bits per heavy atom. The van der Waals surface area contributed by atoms with E-state index < -0.39 is 10.4 Å². The maximum Gasteiger partial charge on any atom is 0.400 e. The van der Waals surface area contributed by atoms with Crippen molar-refractivity contribution >= 4 is 10.4 Å². The van der Waals surface area contributed by atoms with Gasteiger partial charge in [-0.3, -0.25) is 0 Å². The summed E-state index contributed by atoms with van der Waals surface area (Å²) in [5.74, 6) is 0. The fourth-order valence-corrected chi connectivity index (χ4v) is 1.65. The van der Waals surface area contributed by atoms with Crippen LogP contribution < -0.4 is 0 Å². The highest BCUT2D eigenvalue weighted by Crippen LogP contribution is 2.18. The van der Waals surface area contributed by atoms with E-state index in [0.29, 0.717) is 0 Å². The predicted octanol–water partition coefficient (Wildman–Crippen LogP) is 0.0550. The van der Waals surface area contributed by atoms with Gasteiger partial charge in [0.25, 0.3) is 0 Å². The molecular formula is C4H8O4S. The van der Waals surface area contributed by atoms with Crippen molar-refractivity contribution in [1.82, 2.24) is 0 Å². The second-order valence-corrected chi connectivity index (χ2v) is 3.21. The largest absolute Gasteiger partial charge is 0.400 e. The van der Waals surface area contributed by atoms with Crippen molar-refractivity contribution in [2.24, 2.45) is 0 Å². The number of hydrogen-bond donors (Lipinski definition) is 0. The van der Waals surface area contributed by atoms with Crippen LogP contribution in [0.1, 0.15) is 13.8 Å². The zero-order chi connectivity index (χ0) is 7.07. The maximum atomic E-state index is 10.4. The third-order valence-corrected chi connectivity index (χ3v) is 2.28. The fourth-order valence-electron chi connectivity index (χ4n) is 0.551. The van der Waals surface area contributed by atoms with Gasteiger partial charge in [0.15, 0.2) is 0 Å². The van der Waals surface area contributed by atoms with Crippen molar-refractivity contribution in [3.8, 4) is 0 Å². The minimum absolute atomic E-state index is 0.352. The van der Waals surface area contributed by atoms with Crippen molar-refractivity contribution in [1.29, 1.82) is 0 Å². The average molecular weight is 152 g/mol. The first kappa shape index (κ1) is 6.98. The van der Waals surface area contributed by atoms with E-state index in [1.54, 1.807) is 13.8 Å². The van der Waals surface area contributed by atoms with Gasteiger partial charge in [-0.2, -0.15) is 8.42 Å². The summed E-state index contributed by atoms with van der Waals surface area (Å²) >= 11 is 0. The summed E-state index contributed by atoms with van der Waals surface area (Å²) in [6, 6.07) is 0. The Hall–Kier alpha value is -0.130. The fraction of sp³-hybridized carbons (Fsp3) is 1.00. The summed E-state index contributed by atoms with van der Waals surface area (Å²) in [6.07, 6.45) is -0.704. The smallest absolute Gasteiger partial charge is 0.242 e. The molecule has 0 N–H and O–H groups in total. The normalized spacial score (nSPS) is 41.1. The zero-order valence-electron chi connectivity index (χ0n) is 5.20. The number of hydrogen-bond acceptors (Lipinski definition) is 4. The lowest BCUT2D eigenvalue weighted by Crippen LogP contribution is -2.13. The van der Waals surface area contributed by atoms with Gasteiger partial charge < -0.3 is 0 Å². The summed E-state index contributed by atoms with van der Waals surface area (Å²) < 4.78 is 29.6. The molecule has 9 heavy (non-hydrogen) atoms. The quantitative estimate of drug-likeness (QED) is 0.492. The lowest BCUT2D eigenvalue weighted by molar-refractivity contribution is 0.187. The van der Waals surface area contributed by atoms with Crippen molar-refractivity contribution in [3.05, 3.63) is 0 Å². The summed E-state index contributed by atoms with van der Waals surface area (Å²) in [7, 11) is -3.64. The van der Waals surface area contributed by atoms with E-state index in [1.165, 1.54) is 0 Å². The monoisotopic (exact) mass is 152 g/mol. The van der Waals surface area contributed by atoms with Crippen LogP contribution in [0.25, 0.3) is 0 Å². The molecule has 0 bridgehead atoms. The Kier molecular flexibility index (Phi) is 1.50. The van der Waals surface area contributed by atoms with E-state index >= 15 is 0 Å². The van der Waals surface area contributed by atoms with Crippen molar-refractivity contribution in [2.45, 2.75) is 26.1 Å². The molecular weight excluding hydrogens is 144 g/mol. The van der Waals surface area contributed by atoms with Crippen LogP contribution in [0.5, 0.6) is 0 Å². The van der Waals surface area contributed by atoms with Crippen LogP contribution in [0, 0.1) is 0 Å². The van der Waals surface area contributed by atoms with E-state index in [-0.39, 0.29) is 12.2 Å². The summed E-state index contributed by atoms with van der Waals surface area (Å²) in [4.78, 5) is 0. The molecule has 0 aromatic rings. The van der Waals surface area contributed by atoms with Crippen LogP contribution in [0.15, 0.2) is 0 Å². The molecule has 0 spiro atoms. The molecule has 0 aliphatic carbocycles. The highest BCUT2D eigenvalue weighted by Gasteiger charge is 2.33. The van der Waals surface area contributed by atoms with Crippen LogP contribution in [-0.4, -0.2) is 20.6 Å². The molecule has 54 valence electrons. The molecule has 1 rings (SSSR count). The Morgan fingerprint density at radius 1 is 1.11 bits per heavy atom. The molecule has 1 aliphatic heterocycles. The second kappa shape index (κ2) is 1.93. The van der Waals surface area contributed by atoms with E-state index in [2.05, 4.69) is 8.37 Å². The standard InChI is InChI=1S/C4H8O4S/c1-3-4(2)8-9(5,6)7-3/h3-4H,1-2H3. The molecule has 1 heterocycles. The molecule has 0 amide bonds. The van der Waals surface area contributed by atoms with Gasteiger partial charge in [-0.05, 0) is 13.8 Å². The molecule has 2 unspecified atom stereocenters. The Balaban J connectivity index is 2.77.